The van der Waals surface area contributed by atoms with Crippen molar-refractivity contribution in [2.45, 2.75) is 5.41 Å². The van der Waals surface area contributed by atoms with Crippen LogP contribution in [0.5, 0.6) is 11.5 Å². The Morgan fingerprint density at radius 2 is 0.732 bits per heavy atom. The van der Waals surface area contributed by atoms with Crippen LogP contribution in [0.4, 0.5) is 0 Å². The zero-order chi connectivity index (χ0) is 37.1. The summed E-state index contributed by atoms with van der Waals surface area (Å²) in [6.45, 7) is 0. The smallest absolute Gasteiger partial charge is 0.164 e. The van der Waals surface area contributed by atoms with Gasteiger partial charge < -0.3 is 4.74 Å². The molecule has 0 amide bonds. The zero-order valence-electron chi connectivity index (χ0n) is 30.3. The van der Waals surface area contributed by atoms with E-state index >= 15 is 0 Å². The van der Waals surface area contributed by atoms with E-state index in [1.807, 2.05) is 42.5 Å². The van der Waals surface area contributed by atoms with Crippen molar-refractivity contribution in [3.8, 4) is 79.0 Å². The summed E-state index contributed by atoms with van der Waals surface area (Å²) in [6.07, 6.45) is 0. The zero-order valence-corrected chi connectivity index (χ0v) is 30.3. The molecule has 11 rings (SSSR count). The van der Waals surface area contributed by atoms with Crippen molar-refractivity contribution in [3.63, 3.8) is 0 Å². The Hall–Kier alpha value is -7.43. The number of rotatable bonds is 5. The highest BCUT2D eigenvalue weighted by molar-refractivity contribution is 5.90. The first-order valence-corrected chi connectivity index (χ1v) is 18.9. The van der Waals surface area contributed by atoms with Crippen LogP contribution >= 0.6 is 0 Å². The Morgan fingerprint density at radius 1 is 0.286 bits per heavy atom. The monoisotopic (exact) mass is 715 g/mol. The fourth-order valence-corrected chi connectivity index (χ4v) is 8.73. The molecule has 8 aromatic carbocycles. The number of fused-ring (bicyclic) bond motifs is 9. The third kappa shape index (κ3) is 4.96. The van der Waals surface area contributed by atoms with Gasteiger partial charge in [-0.05, 0) is 62.7 Å². The van der Waals surface area contributed by atoms with Crippen LogP contribution in [0.15, 0.2) is 200 Å². The van der Waals surface area contributed by atoms with Crippen molar-refractivity contribution in [1.82, 2.24) is 15.0 Å². The van der Waals surface area contributed by atoms with Crippen molar-refractivity contribution >= 4 is 0 Å². The third-order valence-electron chi connectivity index (χ3n) is 11.2. The Labute approximate surface area is 325 Å². The van der Waals surface area contributed by atoms with Crippen LogP contribution in [0, 0.1) is 0 Å². The van der Waals surface area contributed by atoms with Gasteiger partial charge in [0, 0.05) is 27.8 Å². The second-order valence-electron chi connectivity index (χ2n) is 14.3. The lowest BCUT2D eigenvalue weighted by atomic mass is 9.66. The second-order valence-corrected chi connectivity index (χ2v) is 14.3. The molecule has 4 nitrogen and oxygen atoms in total. The molecule has 2 aliphatic rings. The van der Waals surface area contributed by atoms with Gasteiger partial charge in [-0.25, -0.2) is 15.0 Å². The molecule has 0 N–H and O–H groups in total. The quantitative estimate of drug-likeness (QED) is 0.178. The molecule has 0 unspecified atom stereocenters. The summed E-state index contributed by atoms with van der Waals surface area (Å²) >= 11 is 0. The van der Waals surface area contributed by atoms with Crippen LogP contribution in [0.25, 0.3) is 67.5 Å². The molecule has 1 spiro atoms. The van der Waals surface area contributed by atoms with E-state index in [4.69, 9.17) is 19.7 Å². The van der Waals surface area contributed by atoms with Gasteiger partial charge in [-0.3, -0.25) is 0 Å². The van der Waals surface area contributed by atoms with Crippen LogP contribution in [0.3, 0.4) is 0 Å². The van der Waals surface area contributed by atoms with E-state index in [9.17, 15) is 0 Å². The highest BCUT2D eigenvalue weighted by Gasteiger charge is 2.51. The summed E-state index contributed by atoms with van der Waals surface area (Å²) in [7, 11) is 0. The second kappa shape index (κ2) is 12.9. The van der Waals surface area contributed by atoms with E-state index in [2.05, 4.69) is 158 Å². The van der Waals surface area contributed by atoms with E-state index < -0.39 is 5.41 Å². The maximum Gasteiger partial charge on any atom is 0.164 e. The summed E-state index contributed by atoms with van der Waals surface area (Å²) in [6, 6.07) is 70.2. The number of aromatic nitrogens is 3. The normalized spacial score (nSPS) is 12.9. The number of ether oxygens (including phenoxy) is 1. The minimum absolute atomic E-state index is 0.515. The van der Waals surface area contributed by atoms with E-state index in [1.165, 1.54) is 22.3 Å². The Kier molecular flexibility index (Phi) is 7.36. The molecule has 4 heteroatoms. The molecular weight excluding hydrogens is 683 g/mol. The number of para-hydroxylation sites is 2. The molecule has 0 fully saturated rings. The van der Waals surface area contributed by atoms with Gasteiger partial charge in [0.2, 0.25) is 0 Å². The molecule has 0 radical (unpaired) electrons. The third-order valence-corrected chi connectivity index (χ3v) is 11.2. The van der Waals surface area contributed by atoms with Crippen molar-refractivity contribution in [2.24, 2.45) is 0 Å². The largest absolute Gasteiger partial charge is 0.457 e. The molecule has 262 valence electrons. The van der Waals surface area contributed by atoms with Crippen molar-refractivity contribution in [3.05, 3.63) is 222 Å². The molecule has 1 aliphatic carbocycles. The summed E-state index contributed by atoms with van der Waals surface area (Å²) in [5.74, 6) is 3.68. The first-order chi connectivity index (χ1) is 27.8. The fourth-order valence-electron chi connectivity index (χ4n) is 8.73. The Balaban J connectivity index is 1.04. The summed E-state index contributed by atoms with van der Waals surface area (Å²) in [4.78, 5) is 15.2. The van der Waals surface area contributed by atoms with Crippen LogP contribution in [0.1, 0.15) is 22.3 Å². The molecule has 0 bridgehead atoms. The molecule has 2 heterocycles. The first-order valence-electron chi connectivity index (χ1n) is 18.9. The molecule has 0 atom stereocenters. The molecule has 56 heavy (non-hydrogen) atoms. The van der Waals surface area contributed by atoms with E-state index in [-0.39, 0.29) is 0 Å². The SMILES string of the molecule is c1ccc(-c2nc(-c3ccc(-c4ccc5c(c4)C4(c6ccccc6Oc6ccccc64)c4ccccc4-5)cc3)nc(-c3ccccc3-c3ccccc3)n2)cc1. The van der Waals surface area contributed by atoms with E-state index in [0.29, 0.717) is 17.5 Å². The maximum absolute atomic E-state index is 6.55. The average molecular weight is 716 g/mol. The highest BCUT2D eigenvalue weighted by Crippen LogP contribution is 2.62. The number of nitrogens with zero attached hydrogens (tertiary/aromatic N) is 3. The van der Waals surface area contributed by atoms with Crippen LogP contribution in [0.2, 0.25) is 0 Å². The molecule has 1 aliphatic heterocycles. The number of hydrogen-bond acceptors (Lipinski definition) is 4. The average Bonchev–Trinajstić information content (AvgIpc) is 3.57. The Bertz CT molecular complexity index is 2890. The minimum Gasteiger partial charge on any atom is -0.457 e. The lowest BCUT2D eigenvalue weighted by Crippen LogP contribution is -2.32. The highest BCUT2D eigenvalue weighted by atomic mass is 16.5. The topological polar surface area (TPSA) is 47.9 Å². The molecule has 0 saturated carbocycles. The van der Waals surface area contributed by atoms with Gasteiger partial charge in [-0.1, -0.05) is 182 Å². The first kappa shape index (κ1) is 32.0. The van der Waals surface area contributed by atoms with Gasteiger partial charge in [-0.15, -0.1) is 0 Å². The lowest BCUT2D eigenvalue weighted by molar-refractivity contribution is 0.436. The standard InChI is InChI=1S/C52H33N3O/c1-3-15-35(16-4-1)39-19-7-8-21-42(39)51-54-49(36-17-5-2-6-18-36)53-50(55-51)37-29-27-34(28-30-37)38-31-32-41-40-20-9-10-22-43(40)52(46(41)33-38)44-23-11-13-25-47(44)56-48-26-14-12-24-45(48)52/h1-33H. The summed E-state index contributed by atoms with van der Waals surface area (Å²) < 4.78 is 6.55. The molecule has 1 aromatic heterocycles. The van der Waals surface area contributed by atoms with Crippen LogP contribution in [-0.2, 0) is 5.41 Å². The van der Waals surface area contributed by atoms with E-state index in [1.54, 1.807) is 0 Å². The predicted octanol–water partition coefficient (Wildman–Crippen LogP) is 12.7. The van der Waals surface area contributed by atoms with Gasteiger partial charge in [0.05, 0.1) is 5.41 Å². The fraction of sp³-hybridized carbons (Fsp3) is 0.0192. The van der Waals surface area contributed by atoms with Gasteiger partial charge >= 0.3 is 0 Å². The summed E-state index contributed by atoms with van der Waals surface area (Å²) in [5, 5.41) is 0. The van der Waals surface area contributed by atoms with Crippen molar-refractivity contribution in [2.75, 3.05) is 0 Å². The number of benzene rings is 8. The van der Waals surface area contributed by atoms with Crippen LogP contribution < -0.4 is 4.74 Å². The molecule has 0 saturated heterocycles. The molecular formula is C52H33N3O. The lowest BCUT2D eigenvalue weighted by Gasteiger charge is -2.39. The number of hydrogen-bond donors (Lipinski definition) is 0. The van der Waals surface area contributed by atoms with Crippen LogP contribution in [-0.4, -0.2) is 15.0 Å². The van der Waals surface area contributed by atoms with E-state index in [0.717, 1.165) is 61.6 Å². The van der Waals surface area contributed by atoms with Crippen molar-refractivity contribution in [1.29, 1.82) is 0 Å². The van der Waals surface area contributed by atoms with Gasteiger partial charge in [0.15, 0.2) is 17.5 Å². The Morgan fingerprint density at radius 3 is 1.39 bits per heavy atom. The van der Waals surface area contributed by atoms with Gasteiger partial charge in [0.1, 0.15) is 11.5 Å². The minimum atomic E-state index is -0.515. The van der Waals surface area contributed by atoms with Gasteiger partial charge in [-0.2, -0.15) is 0 Å². The summed E-state index contributed by atoms with van der Waals surface area (Å²) in [5.41, 5.74) is 14.1. The predicted molar refractivity (Wildman–Crippen MR) is 224 cm³/mol. The van der Waals surface area contributed by atoms with Gasteiger partial charge in [0.25, 0.3) is 0 Å². The van der Waals surface area contributed by atoms with Crippen molar-refractivity contribution < 1.29 is 4.74 Å². The maximum atomic E-state index is 6.55. The molecule has 9 aromatic rings.